The van der Waals surface area contributed by atoms with Crippen LogP contribution in [0.5, 0.6) is 5.75 Å². The summed E-state index contributed by atoms with van der Waals surface area (Å²) >= 11 is 0. The van der Waals surface area contributed by atoms with Crippen LogP contribution in [0.15, 0.2) is 65.8 Å². The van der Waals surface area contributed by atoms with Crippen LogP contribution in [0.1, 0.15) is 112 Å². The summed E-state index contributed by atoms with van der Waals surface area (Å²) in [6.45, 7) is 11.4. The Morgan fingerprint density at radius 2 is 1.56 bits per heavy atom. The number of esters is 1. The molecule has 0 aromatic heterocycles. The molecule has 66 heavy (non-hydrogen) atoms. The molecule has 3 aliphatic heterocycles. The number of carbonyl (C=O) groups is 4. The van der Waals surface area contributed by atoms with Crippen molar-refractivity contribution in [2.24, 2.45) is 29.6 Å². The number of carbonyl (C=O) groups excluding carboxylic acids is 4. The van der Waals surface area contributed by atoms with Crippen molar-refractivity contribution in [1.29, 1.82) is 0 Å². The topological polar surface area (TPSA) is 167 Å². The Morgan fingerprint density at radius 3 is 2.27 bits per heavy atom. The van der Waals surface area contributed by atoms with Crippen LogP contribution in [0.2, 0.25) is 0 Å². The molecule has 2 aromatic carbocycles. The number of amides is 1. The third kappa shape index (κ3) is 11.6. The lowest BCUT2D eigenvalue weighted by Gasteiger charge is -2.47. The molecule has 3 heterocycles. The second-order valence-electron chi connectivity index (χ2n) is 19.7. The van der Waals surface area contributed by atoms with Crippen LogP contribution in [0.3, 0.4) is 0 Å². The van der Waals surface area contributed by atoms with E-state index in [1.54, 1.807) is 28.1 Å². The summed E-state index contributed by atoms with van der Waals surface area (Å²) in [4.78, 5) is 58.5. The van der Waals surface area contributed by atoms with Crippen molar-refractivity contribution < 1.29 is 57.8 Å². The van der Waals surface area contributed by atoms with Gasteiger partial charge in [0.1, 0.15) is 35.9 Å². The van der Waals surface area contributed by atoms with Crippen LogP contribution in [-0.2, 0) is 42.9 Å². The van der Waals surface area contributed by atoms with Gasteiger partial charge in [-0.3, -0.25) is 14.4 Å². The highest BCUT2D eigenvalue weighted by molar-refractivity contribution is 6.39. The van der Waals surface area contributed by atoms with E-state index in [2.05, 4.69) is 25.1 Å². The van der Waals surface area contributed by atoms with Crippen molar-refractivity contribution in [3.8, 4) is 5.75 Å². The van der Waals surface area contributed by atoms with Gasteiger partial charge < -0.3 is 43.5 Å². The second kappa shape index (κ2) is 22.9. The highest BCUT2D eigenvalue weighted by Gasteiger charge is 2.56. The van der Waals surface area contributed by atoms with E-state index >= 15 is 0 Å². The average Bonchev–Trinajstić information content (AvgIpc) is 3.31. The molecule has 14 unspecified atom stereocenters. The molecule has 2 aromatic rings. The first-order valence-electron chi connectivity index (χ1n) is 24.3. The number of benzene rings is 2. The van der Waals surface area contributed by atoms with Crippen LogP contribution in [0, 0.1) is 29.6 Å². The van der Waals surface area contributed by atoms with Gasteiger partial charge in [-0.1, -0.05) is 81.8 Å². The predicted octanol–water partition coefficient (Wildman–Crippen LogP) is 7.71. The largest absolute Gasteiger partial charge is 0.487 e. The molecule has 2 bridgehead atoms. The summed E-state index contributed by atoms with van der Waals surface area (Å²) in [6.07, 6.45) is 4.62. The molecule has 2 N–H and O–H groups in total. The minimum Gasteiger partial charge on any atom is -0.487 e. The van der Waals surface area contributed by atoms with E-state index < -0.39 is 77.8 Å². The Bertz CT molecular complexity index is 2060. The first-order valence-corrected chi connectivity index (χ1v) is 24.3. The van der Waals surface area contributed by atoms with Crippen molar-refractivity contribution in [1.82, 2.24) is 4.90 Å². The number of piperidine rings is 1. The number of fused-ring (bicyclic) bond motifs is 4. The summed E-state index contributed by atoms with van der Waals surface area (Å²) in [5.41, 5.74) is 1.69. The highest BCUT2D eigenvalue weighted by Crippen LogP contribution is 2.40. The number of cyclic esters (lactones) is 1. The standard InChI is InChI=1S/C53H75NO12/c1-10-37-25-31(2)24-32(3)26-46(62-8)49-47(63-9)28-34(5)53(60,66-49)50(57)51(58)54-23-14-13-19-40(54)52(59)65-48(35(6)41(55)30-42(37)56)33(4)27-36-21-22-44(45(29-36)61-7)64-43-20-15-17-38-16-11-12-18-39(38)43/h11-12,15-18,20,25,27,32,34-37,40-41,44-49,55,60H,10,13-14,19,21-24,26,28-30H2,1-9H3. The number of methoxy groups -OCH3 is 3. The van der Waals surface area contributed by atoms with Crippen LogP contribution in [-0.4, -0.2) is 121 Å². The van der Waals surface area contributed by atoms with E-state index in [1.807, 2.05) is 57.2 Å². The summed E-state index contributed by atoms with van der Waals surface area (Å²) in [5.74, 6) is -6.68. The van der Waals surface area contributed by atoms with Gasteiger partial charge in [-0.25, -0.2) is 4.79 Å². The number of rotatable bonds is 8. The van der Waals surface area contributed by atoms with E-state index in [0.29, 0.717) is 50.5 Å². The zero-order valence-electron chi connectivity index (χ0n) is 40.6. The first kappa shape index (κ1) is 51.4. The smallest absolute Gasteiger partial charge is 0.329 e. The predicted molar refractivity (Wildman–Crippen MR) is 250 cm³/mol. The molecule has 2 saturated heterocycles. The summed E-state index contributed by atoms with van der Waals surface area (Å²) in [6, 6.07) is 13.0. The maximum absolute atomic E-state index is 14.6. The molecule has 0 spiro atoms. The van der Waals surface area contributed by atoms with Gasteiger partial charge >= 0.3 is 5.97 Å². The number of Topliss-reactive ketones (excluding diaryl/α,β-unsaturated/α-hetero) is 2. The number of aliphatic hydroxyl groups is 2. The summed E-state index contributed by atoms with van der Waals surface area (Å²) in [7, 11) is 4.77. The van der Waals surface area contributed by atoms with Crippen molar-refractivity contribution in [3.05, 3.63) is 65.8 Å². The van der Waals surface area contributed by atoms with Gasteiger partial charge in [-0.15, -0.1) is 0 Å². The minimum absolute atomic E-state index is 0.0138. The van der Waals surface area contributed by atoms with Crippen molar-refractivity contribution in [3.63, 3.8) is 0 Å². The fraction of sp³-hybridized carbons (Fsp3) is 0.660. The van der Waals surface area contributed by atoms with Gasteiger partial charge in [0.15, 0.2) is 0 Å². The molecule has 0 radical (unpaired) electrons. The van der Waals surface area contributed by atoms with Crippen LogP contribution >= 0.6 is 0 Å². The van der Waals surface area contributed by atoms with Crippen LogP contribution in [0.25, 0.3) is 10.8 Å². The molecule has 364 valence electrons. The molecule has 13 nitrogen and oxygen atoms in total. The molecule has 1 saturated carbocycles. The Balaban J connectivity index is 1.31. The monoisotopic (exact) mass is 918 g/mol. The average molecular weight is 918 g/mol. The van der Waals surface area contributed by atoms with Gasteiger partial charge in [0.25, 0.3) is 11.7 Å². The van der Waals surface area contributed by atoms with Crippen molar-refractivity contribution in [2.45, 2.75) is 167 Å². The molecule has 1 amide bonds. The fourth-order valence-electron chi connectivity index (χ4n) is 11.0. The number of hydrogen-bond acceptors (Lipinski definition) is 12. The third-order valence-corrected chi connectivity index (χ3v) is 14.9. The van der Waals surface area contributed by atoms with E-state index in [9.17, 15) is 29.4 Å². The molecular formula is C53H75NO12. The van der Waals surface area contributed by atoms with Gasteiger partial charge in [0.05, 0.1) is 24.4 Å². The summed E-state index contributed by atoms with van der Waals surface area (Å²) in [5, 5.41) is 26.1. The zero-order valence-corrected chi connectivity index (χ0v) is 40.6. The molecule has 4 aliphatic rings. The Labute approximate surface area is 391 Å². The summed E-state index contributed by atoms with van der Waals surface area (Å²) < 4.78 is 37.1. The zero-order chi connectivity index (χ0) is 47.9. The first-order chi connectivity index (χ1) is 31.5. The lowest BCUT2D eigenvalue weighted by Crippen LogP contribution is -2.64. The van der Waals surface area contributed by atoms with E-state index in [0.717, 1.165) is 28.5 Å². The highest BCUT2D eigenvalue weighted by atomic mass is 16.7. The molecule has 3 fully saturated rings. The number of ketones is 2. The Hall–Kier alpha value is -3.98. The van der Waals surface area contributed by atoms with E-state index in [1.165, 1.54) is 12.0 Å². The second-order valence-corrected chi connectivity index (χ2v) is 19.7. The van der Waals surface area contributed by atoms with Gasteiger partial charge in [0.2, 0.25) is 5.79 Å². The third-order valence-electron chi connectivity index (χ3n) is 14.9. The SMILES string of the molecule is CCC1C=C(C)CC(C)CC(OC)C2OC(O)(C(=O)C(=O)N3CCCCC3C(=O)OC(C(C)=CC3CCC(Oc4cccc5ccccc45)C(OC)C3)C(C)C(O)CC1=O)C(C)CC2OC. The quantitative estimate of drug-likeness (QED) is 0.151. The van der Waals surface area contributed by atoms with E-state index in [-0.39, 0.29) is 55.6 Å². The maximum atomic E-state index is 14.6. The fourth-order valence-corrected chi connectivity index (χ4v) is 11.0. The Kier molecular flexibility index (Phi) is 17.8. The molecular weight excluding hydrogens is 843 g/mol. The number of nitrogens with zero attached hydrogens (tertiary/aromatic N) is 1. The number of ether oxygens (including phenoxy) is 6. The van der Waals surface area contributed by atoms with Crippen molar-refractivity contribution in [2.75, 3.05) is 27.9 Å². The molecule has 13 heteroatoms. The lowest BCUT2D eigenvalue weighted by molar-refractivity contribution is -0.302. The van der Waals surface area contributed by atoms with Gasteiger partial charge in [-0.05, 0) is 107 Å². The van der Waals surface area contributed by atoms with Crippen LogP contribution < -0.4 is 4.74 Å². The number of allylic oxidation sites excluding steroid dienone is 3. The molecule has 1 aliphatic carbocycles. The van der Waals surface area contributed by atoms with E-state index in [4.69, 9.17) is 28.4 Å². The Morgan fingerprint density at radius 1 is 0.864 bits per heavy atom. The molecule has 14 atom stereocenters. The van der Waals surface area contributed by atoms with Gasteiger partial charge in [-0.2, -0.15) is 0 Å². The molecule has 6 rings (SSSR count). The number of aliphatic hydroxyl groups excluding tert-OH is 1. The normalized spacial score (nSPS) is 36.2. The lowest BCUT2D eigenvalue weighted by atomic mass is 9.81. The van der Waals surface area contributed by atoms with Gasteiger partial charge in [0, 0.05) is 57.4 Å². The van der Waals surface area contributed by atoms with Crippen molar-refractivity contribution >= 4 is 34.2 Å². The minimum atomic E-state index is -2.51. The van der Waals surface area contributed by atoms with Crippen LogP contribution in [0.4, 0.5) is 0 Å². The maximum Gasteiger partial charge on any atom is 0.329 e. The number of hydrogen-bond donors (Lipinski definition) is 2.